The Morgan fingerprint density at radius 1 is 1.35 bits per heavy atom. The highest BCUT2D eigenvalue weighted by atomic mass is 19.1. The van der Waals surface area contributed by atoms with E-state index < -0.39 is 5.82 Å². The van der Waals surface area contributed by atoms with Crippen LogP contribution in [0.2, 0.25) is 0 Å². The highest BCUT2D eigenvalue weighted by Crippen LogP contribution is 2.13. The molecule has 0 aliphatic rings. The zero-order chi connectivity index (χ0) is 11.8. The second kappa shape index (κ2) is 3.55. The number of hydrogen-bond acceptors (Lipinski definition) is 2. The summed E-state index contributed by atoms with van der Waals surface area (Å²) in [6.45, 7) is 0. The van der Waals surface area contributed by atoms with Gasteiger partial charge in [-0.15, -0.1) is 0 Å². The monoisotopic (exact) mass is 229 g/mol. The van der Waals surface area contributed by atoms with Crippen molar-refractivity contribution in [1.82, 2.24) is 14.5 Å². The Balaban J connectivity index is 2.38. The molecule has 0 radical (unpaired) electrons. The Bertz CT molecular complexity index is 731. The molecule has 0 amide bonds. The second-order valence-corrected chi connectivity index (χ2v) is 3.64. The van der Waals surface area contributed by atoms with E-state index in [2.05, 4.69) is 9.97 Å². The maximum Gasteiger partial charge on any atom is 0.213 e. The number of nitrogens with one attached hydrogen (secondary N) is 1. The van der Waals surface area contributed by atoms with Crippen molar-refractivity contribution < 1.29 is 4.39 Å². The van der Waals surface area contributed by atoms with E-state index in [1.165, 1.54) is 24.7 Å². The van der Waals surface area contributed by atoms with Crippen molar-refractivity contribution in [1.29, 1.82) is 0 Å². The van der Waals surface area contributed by atoms with Crippen LogP contribution in [0.4, 0.5) is 4.39 Å². The molecule has 2 aromatic heterocycles. The number of imidazole rings is 1. The molecule has 0 fully saturated rings. The summed E-state index contributed by atoms with van der Waals surface area (Å²) in [4.78, 5) is 18.8. The van der Waals surface area contributed by atoms with Crippen LogP contribution in [0.1, 0.15) is 0 Å². The SMILES string of the molecule is O=c1c(-n2ccnc2)c[nH]c2c(F)cccc12. The van der Waals surface area contributed by atoms with Crippen LogP contribution in [0.15, 0.2) is 47.9 Å². The zero-order valence-electron chi connectivity index (χ0n) is 8.72. The first-order valence-electron chi connectivity index (χ1n) is 5.05. The molecular weight excluding hydrogens is 221 g/mol. The Kier molecular flexibility index (Phi) is 2.04. The molecule has 0 aliphatic heterocycles. The summed E-state index contributed by atoms with van der Waals surface area (Å²) in [5.74, 6) is -0.434. The average molecular weight is 229 g/mol. The Morgan fingerprint density at radius 2 is 2.24 bits per heavy atom. The molecule has 0 bridgehead atoms. The van der Waals surface area contributed by atoms with E-state index in [9.17, 15) is 9.18 Å². The summed E-state index contributed by atoms with van der Waals surface area (Å²) in [5, 5.41) is 0.330. The first-order valence-corrected chi connectivity index (χ1v) is 5.05. The molecule has 3 rings (SSSR count). The lowest BCUT2D eigenvalue weighted by Gasteiger charge is -2.04. The van der Waals surface area contributed by atoms with Gasteiger partial charge in [0, 0.05) is 18.6 Å². The minimum absolute atomic E-state index is 0.223. The lowest BCUT2D eigenvalue weighted by Crippen LogP contribution is -2.11. The second-order valence-electron chi connectivity index (χ2n) is 3.64. The molecule has 2 heterocycles. The van der Waals surface area contributed by atoms with Crippen LogP contribution in [-0.4, -0.2) is 14.5 Å². The van der Waals surface area contributed by atoms with Gasteiger partial charge >= 0.3 is 0 Å². The van der Waals surface area contributed by atoms with Crippen LogP contribution in [-0.2, 0) is 0 Å². The molecule has 4 nitrogen and oxygen atoms in total. The molecule has 0 saturated carbocycles. The van der Waals surface area contributed by atoms with Crippen LogP contribution < -0.4 is 5.43 Å². The summed E-state index contributed by atoms with van der Waals surface area (Å²) in [6.07, 6.45) is 6.25. The minimum atomic E-state index is -0.434. The fourth-order valence-corrected chi connectivity index (χ4v) is 1.80. The number of rotatable bonds is 1. The summed E-state index contributed by atoms with van der Waals surface area (Å²) in [5.41, 5.74) is 0.415. The Labute approximate surface area is 95.4 Å². The van der Waals surface area contributed by atoms with Gasteiger partial charge in [0.05, 0.1) is 17.2 Å². The van der Waals surface area contributed by atoms with E-state index in [4.69, 9.17) is 0 Å². The quantitative estimate of drug-likeness (QED) is 0.692. The van der Waals surface area contributed by atoms with Gasteiger partial charge in [-0.1, -0.05) is 6.07 Å². The zero-order valence-corrected chi connectivity index (χ0v) is 8.72. The third-order valence-corrected chi connectivity index (χ3v) is 2.63. The molecule has 0 unspecified atom stereocenters. The van der Waals surface area contributed by atoms with Gasteiger partial charge in [-0.25, -0.2) is 9.37 Å². The molecule has 0 atom stereocenters. The van der Waals surface area contributed by atoms with Crippen molar-refractivity contribution in [3.05, 3.63) is 59.2 Å². The normalized spacial score (nSPS) is 10.9. The maximum atomic E-state index is 13.5. The smallest absolute Gasteiger partial charge is 0.213 e. The number of hydrogen-bond donors (Lipinski definition) is 1. The third kappa shape index (κ3) is 1.44. The Morgan fingerprint density at radius 3 is 3.00 bits per heavy atom. The molecule has 0 aliphatic carbocycles. The van der Waals surface area contributed by atoms with Crippen molar-refractivity contribution in [3.63, 3.8) is 0 Å². The number of halogens is 1. The largest absolute Gasteiger partial charge is 0.357 e. The van der Waals surface area contributed by atoms with Crippen molar-refractivity contribution in [3.8, 4) is 5.69 Å². The summed E-state index contributed by atoms with van der Waals surface area (Å²) in [7, 11) is 0. The van der Waals surface area contributed by atoms with Gasteiger partial charge in [0.2, 0.25) is 5.43 Å². The topological polar surface area (TPSA) is 50.7 Å². The number of aromatic amines is 1. The standard InChI is InChI=1S/C12H8FN3O/c13-9-3-1-2-8-11(9)15-6-10(12(8)17)16-5-4-14-7-16/h1-7H,(H,15,17). The van der Waals surface area contributed by atoms with Gasteiger partial charge in [0.25, 0.3) is 0 Å². The molecule has 17 heavy (non-hydrogen) atoms. The average Bonchev–Trinajstić information content (AvgIpc) is 2.84. The van der Waals surface area contributed by atoms with Gasteiger partial charge in [-0.3, -0.25) is 4.79 Å². The predicted octanol–water partition coefficient (Wildman–Crippen LogP) is 1.85. The summed E-state index contributed by atoms with van der Waals surface area (Å²) >= 11 is 0. The van der Waals surface area contributed by atoms with Crippen LogP contribution in [0.3, 0.4) is 0 Å². The first-order chi connectivity index (χ1) is 8.27. The minimum Gasteiger partial charge on any atom is -0.357 e. The molecule has 5 heteroatoms. The number of fused-ring (bicyclic) bond motifs is 1. The van der Waals surface area contributed by atoms with E-state index >= 15 is 0 Å². The van der Waals surface area contributed by atoms with Gasteiger partial charge in [0.1, 0.15) is 11.5 Å². The first kappa shape index (κ1) is 9.77. The van der Waals surface area contributed by atoms with Gasteiger partial charge in [-0.05, 0) is 12.1 Å². The van der Waals surface area contributed by atoms with Crippen molar-refractivity contribution in [2.24, 2.45) is 0 Å². The number of para-hydroxylation sites is 1. The molecular formula is C12H8FN3O. The van der Waals surface area contributed by atoms with E-state index in [1.54, 1.807) is 23.0 Å². The van der Waals surface area contributed by atoms with Crippen molar-refractivity contribution >= 4 is 10.9 Å². The number of pyridine rings is 1. The molecule has 0 saturated heterocycles. The van der Waals surface area contributed by atoms with Gasteiger partial charge in [0.15, 0.2) is 0 Å². The van der Waals surface area contributed by atoms with Crippen molar-refractivity contribution in [2.45, 2.75) is 0 Å². The van der Waals surface area contributed by atoms with E-state index in [-0.39, 0.29) is 10.9 Å². The molecule has 1 N–H and O–H groups in total. The maximum absolute atomic E-state index is 13.5. The fraction of sp³-hybridized carbons (Fsp3) is 0. The third-order valence-electron chi connectivity index (χ3n) is 2.63. The number of nitrogens with zero attached hydrogens (tertiary/aromatic N) is 2. The Hall–Kier alpha value is -2.43. The number of aromatic nitrogens is 3. The summed E-state index contributed by atoms with van der Waals surface area (Å²) in [6, 6.07) is 4.43. The van der Waals surface area contributed by atoms with Crippen LogP contribution >= 0.6 is 0 Å². The van der Waals surface area contributed by atoms with E-state index in [1.807, 2.05) is 0 Å². The van der Waals surface area contributed by atoms with Crippen LogP contribution in [0.25, 0.3) is 16.6 Å². The van der Waals surface area contributed by atoms with Crippen LogP contribution in [0, 0.1) is 5.82 Å². The number of benzene rings is 1. The van der Waals surface area contributed by atoms with Gasteiger partial charge < -0.3 is 9.55 Å². The summed E-state index contributed by atoms with van der Waals surface area (Å²) < 4.78 is 15.0. The molecule has 0 spiro atoms. The number of H-pyrrole nitrogens is 1. The predicted molar refractivity (Wildman–Crippen MR) is 61.6 cm³/mol. The lowest BCUT2D eigenvalue weighted by molar-refractivity contribution is 0.636. The van der Waals surface area contributed by atoms with Crippen molar-refractivity contribution in [2.75, 3.05) is 0 Å². The fourth-order valence-electron chi connectivity index (χ4n) is 1.80. The van der Waals surface area contributed by atoms with E-state index in [0.29, 0.717) is 11.1 Å². The van der Waals surface area contributed by atoms with E-state index in [0.717, 1.165) is 0 Å². The highest BCUT2D eigenvalue weighted by Gasteiger charge is 2.08. The molecule has 84 valence electrons. The van der Waals surface area contributed by atoms with Crippen LogP contribution in [0.5, 0.6) is 0 Å². The lowest BCUT2D eigenvalue weighted by atomic mass is 10.2. The molecule has 3 aromatic rings. The molecule has 1 aromatic carbocycles. The van der Waals surface area contributed by atoms with Gasteiger partial charge in [-0.2, -0.15) is 0 Å². The highest BCUT2D eigenvalue weighted by molar-refractivity contribution is 5.80.